The van der Waals surface area contributed by atoms with E-state index >= 15 is 0 Å². The molecule has 1 aromatic heterocycles. The summed E-state index contributed by atoms with van der Waals surface area (Å²) in [5.74, 6) is 1.23. The molecule has 24 heavy (non-hydrogen) atoms. The summed E-state index contributed by atoms with van der Waals surface area (Å²) in [6.45, 7) is 3.13. The van der Waals surface area contributed by atoms with E-state index in [4.69, 9.17) is 9.66 Å². The molecule has 0 amide bonds. The molecule has 2 heterocycles. The maximum Gasteiger partial charge on any atom is 0.276 e. The van der Waals surface area contributed by atoms with Gasteiger partial charge >= 0.3 is 0 Å². The fourth-order valence-corrected chi connectivity index (χ4v) is 3.39. The van der Waals surface area contributed by atoms with Crippen molar-refractivity contribution in [3.8, 4) is 11.4 Å². The lowest BCUT2D eigenvalue weighted by Gasteiger charge is -2.32. The van der Waals surface area contributed by atoms with Gasteiger partial charge in [0.05, 0.1) is 0 Å². The van der Waals surface area contributed by atoms with Crippen LogP contribution in [-0.2, 0) is 16.6 Å². The van der Waals surface area contributed by atoms with Gasteiger partial charge in [-0.05, 0) is 13.0 Å². The Hall–Kier alpha value is -1.81. The van der Waals surface area contributed by atoms with E-state index in [0.29, 0.717) is 44.3 Å². The quantitative estimate of drug-likeness (QED) is 0.812. The highest BCUT2D eigenvalue weighted by molar-refractivity contribution is 7.86. The van der Waals surface area contributed by atoms with Crippen LogP contribution in [0.15, 0.2) is 34.9 Å². The molecule has 0 bridgehead atoms. The van der Waals surface area contributed by atoms with Crippen LogP contribution in [-0.4, -0.2) is 60.5 Å². The second kappa shape index (κ2) is 7.39. The monoisotopic (exact) mass is 351 g/mol. The van der Waals surface area contributed by atoms with Gasteiger partial charge in [-0.25, -0.2) is 5.14 Å². The summed E-state index contributed by atoms with van der Waals surface area (Å²) in [5, 5.41) is 9.14. The lowest BCUT2D eigenvalue weighted by molar-refractivity contribution is 0.185. The van der Waals surface area contributed by atoms with Crippen LogP contribution in [0.5, 0.6) is 0 Å². The largest absolute Gasteiger partial charge is 0.339 e. The molecule has 0 unspecified atom stereocenters. The highest BCUT2D eigenvalue weighted by Gasteiger charge is 2.23. The Labute approximate surface area is 141 Å². The third-order valence-electron chi connectivity index (χ3n) is 4.06. The fourth-order valence-electron chi connectivity index (χ4n) is 2.72. The number of hydrogen-bond acceptors (Lipinski definition) is 6. The molecule has 1 saturated heterocycles. The molecule has 0 aliphatic carbocycles. The molecule has 1 fully saturated rings. The lowest BCUT2D eigenvalue weighted by Crippen LogP contribution is -2.50. The highest BCUT2D eigenvalue weighted by Crippen LogP contribution is 2.15. The molecule has 0 saturated carbocycles. The maximum atomic E-state index is 11.3. The lowest BCUT2D eigenvalue weighted by atomic mass is 10.2. The number of hydrogen-bond donors (Lipinski definition) is 1. The minimum Gasteiger partial charge on any atom is -0.339 e. The molecular weight excluding hydrogens is 330 g/mol. The zero-order valence-electron chi connectivity index (χ0n) is 13.3. The molecule has 2 aromatic rings. The smallest absolute Gasteiger partial charge is 0.276 e. The molecule has 0 spiro atoms. The zero-order valence-corrected chi connectivity index (χ0v) is 14.2. The fraction of sp³-hybridized carbons (Fsp3) is 0.467. The van der Waals surface area contributed by atoms with Crippen LogP contribution in [0.2, 0.25) is 0 Å². The number of nitrogens with zero attached hydrogens (tertiary/aromatic N) is 4. The Kier molecular flexibility index (Phi) is 5.24. The van der Waals surface area contributed by atoms with E-state index < -0.39 is 10.2 Å². The van der Waals surface area contributed by atoms with Crippen LogP contribution in [0, 0.1) is 0 Å². The molecule has 0 radical (unpaired) electrons. The van der Waals surface area contributed by atoms with Gasteiger partial charge in [-0.2, -0.15) is 17.7 Å². The SMILES string of the molecule is NS(=O)(=O)N1CCN(CCCc2nc(-c3ccccc3)no2)CC1. The number of nitrogens with two attached hydrogens (primary N) is 1. The molecule has 2 N–H and O–H groups in total. The van der Waals surface area contributed by atoms with Crippen LogP contribution in [0.25, 0.3) is 11.4 Å². The van der Waals surface area contributed by atoms with Gasteiger partial charge in [-0.1, -0.05) is 35.5 Å². The van der Waals surface area contributed by atoms with Crippen molar-refractivity contribution in [3.63, 3.8) is 0 Å². The van der Waals surface area contributed by atoms with E-state index in [0.717, 1.165) is 18.5 Å². The third kappa shape index (κ3) is 4.38. The molecular formula is C15H21N5O3S. The number of piperazine rings is 1. The average molecular weight is 351 g/mol. The van der Waals surface area contributed by atoms with Gasteiger partial charge in [0.2, 0.25) is 11.7 Å². The van der Waals surface area contributed by atoms with Gasteiger partial charge in [-0.15, -0.1) is 0 Å². The molecule has 130 valence electrons. The van der Waals surface area contributed by atoms with Crippen molar-refractivity contribution < 1.29 is 12.9 Å². The van der Waals surface area contributed by atoms with Crippen LogP contribution < -0.4 is 5.14 Å². The Bertz CT molecular complexity index is 754. The molecule has 3 rings (SSSR count). The topological polar surface area (TPSA) is 106 Å². The number of aryl methyl sites for hydroxylation is 1. The highest BCUT2D eigenvalue weighted by atomic mass is 32.2. The molecule has 0 atom stereocenters. The van der Waals surface area contributed by atoms with E-state index in [-0.39, 0.29) is 0 Å². The van der Waals surface area contributed by atoms with Gasteiger partial charge < -0.3 is 9.42 Å². The molecule has 1 aromatic carbocycles. The summed E-state index contributed by atoms with van der Waals surface area (Å²) in [6, 6.07) is 9.71. The number of aromatic nitrogens is 2. The summed E-state index contributed by atoms with van der Waals surface area (Å²) < 4.78 is 29.1. The van der Waals surface area contributed by atoms with Crippen molar-refractivity contribution in [1.82, 2.24) is 19.3 Å². The van der Waals surface area contributed by atoms with Crippen LogP contribution in [0.1, 0.15) is 12.3 Å². The zero-order chi connectivity index (χ0) is 17.0. The maximum absolute atomic E-state index is 11.3. The van der Waals surface area contributed by atoms with Gasteiger partial charge in [-0.3, -0.25) is 0 Å². The predicted molar refractivity (Wildman–Crippen MR) is 89.2 cm³/mol. The summed E-state index contributed by atoms with van der Waals surface area (Å²) in [4.78, 5) is 6.63. The van der Waals surface area contributed by atoms with E-state index in [1.165, 1.54) is 4.31 Å². The van der Waals surface area contributed by atoms with Crippen molar-refractivity contribution >= 4 is 10.2 Å². The summed E-state index contributed by atoms with van der Waals surface area (Å²) >= 11 is 0. The first-order valence-corrected chi connectivity index (χ1v) is 9.41. The normalized spacial score (nSPS) is 17.2. The Morgan fingerprint density at radius 2 is 1.83 bits per heavy atom. The van der Waals surface area contributed by atoms with Crippen molar-refractivity contribution in [2.45, 2.75) is 12.8 Å². The molecule has 1 aliphatic rings. The Balaban J connectivity index is 1.44. The third-order valence-corrected chi connectivity index (χ3v) is 5.14. The van der Waals surface area contributed by atoms with Crippen molar-refractivity contribution in [3.05, 3.63) is 36.2 Å². The molecule has 1 aliphatic heterocycles. The Morgan fingerprint density at radius 1 is 1.12 bits per heavy atom. The van der Waals surface area contributed by atoms with Crippen LogP contribution in [0.4, 0.5) is 0 Å². The van der Waals surface area contributed by atoms with Gasteiger partial charge in [0.15, 0.2) is 0 Å². The summed E-state index contributed by atoms with van der Waals surface area (Å²) in [6.07, 6.45) is 1.58. The van der Waals surface area contributed by atoms with Gasteiger partial charge in [0.1, 0.15) is 0 Å². The van der Waals surface area contributed by atoms with E-state index in [1.54, 1.807) is 0 Å². The average Bonchev–Trinajstić information content (AvgIpc) is 3.04. The minimum atomic E-state index is -3.56. The van der Waals surface area contributed by atoms with Gasteiger partial charge in [0.25, 0.3) is 10.2 Å². The van der Waals surface area contributed by atoms with Crippen LogP contribution in [0.3, 0.4) is 0 Å². The van der Waals surface area contributed by atoms with E-state index in [1.807, 2.05) is 30.3 Å². The second-order valence-electron chi connectivity index (χ2n) is 5.77. The second-order valence-corrected chi connectivity index (χ2v) is 7.31. The molecule has 8 nitrogen and oxygen atoms in total. The first-order chi connectivity index (χ1) is 11.5. The van der Waals surface area contributed by atoms with E-state index in [2.05, 4.69) is 15.0 Å². The van der Waals surface area contributed by atoms with Crippen molar-refractivity contribution in [1.29, 1.82) is 0 Å². The first-order valence-electron chi connectivity index (χ1n) is 7.90. The summed E-state index contributed by atoms with van der Waals surface area (Å²) in [5.41, 5.74) is 0.937. The van der Waals surface area contributed by atoms with Crippen LogP contribution >= 0.6 is 0 Å². The van der Waals surface area contributed by atoms with E-state index in [9.17, 15) is 8.42 Å². The first kappa shape index (κ1) is 17.0. The standard InChI is InChI=1S/C15H21N5O3S/c16-24(21,22)20-11-9-19(10-12-20)8-4-7-14-17-15(18-23-14)13-5-2-1-3-6-13/h1-3,5-6H,4,7-12H2,(H2,16,21,22). The predicted octanol–water partition coefficient (Wildman–Crippen LogP) is 0.490. The Morgan fingerprint density at radius 3 is 2.50 bits per heavy atom. The van der Waals surface area contributed by atoms with Gasteiger partial charge in [0, 0.05) is 38.2 Å². The number of rotatable bonds is 6. The van der Waals surface area contributed by atoms with Crippen molar-refractivity contribution in [2.75, 3.05) is 32.7 Å². The van der Waals surface area contributed by atoms with Crippen molar-refractivity contribution in [2.24, 2.45) is 5.14 Å². The molecule has 9 heteroatoms. The minimum absolute atomic E-state index is 0.442. The number of benzene rings is 1. The summed E-state index contributed by atoms with van der Waals surface area (Å²) in [7, 11) is -3.56.